The molecule has 1 atom stereocenters. The minimum atomic E-state index is -1.04. The highest BCUT2D eigenvalue weighted by Gasteiger charge is 2.19. The van der Waals surface area contributed by atoms with Crippen molar-refractivity contribution in [1.29, 1.82) is 0 Å². The molecule has 0 saturated heterocycles. The van der Waals surface area contributed by atoms with Crippen molar-refractivity contribution in [3.63, 3.8) is 0 Å². The van der Waals surface area contributed by atoms with E-state index in [0.717, 1.165) is 0 Å². The number of carboxylic acid groups (broad SMARTS) is 1. The Kier molecular flexibility index (Phi) is 4.38. The first-order chi connectivity index (χ1) is 7.65. The number of aliphatic carboxylic acids is 1. The van der Waals surface area contributed by atoms with Gasteiger partial charge in [-0.05, 0) is 6.42 Å². The maximum atomic E-state index is 11.6. The van der Waals surface area contributed by atoms with Crippen molar-refractivity contribution >= 4 is 11.9 Å². The molecule has 0 radical (unpaired) electrons. The second kappa shape index (κ2) is 5.79. The average molecular weight is 223 g/mol. The van der Waals surface area contributed by atoms with E-state index in [1.807, 2.05) is 6.92 Å². The molecule has 0 fully saturated rings. The topological polar surface area (TPSA) is 92.2 Å². The third kappa shape index (κ3) is 3.30. The summed E-state index contributed by atoms with van der Waals surface area (Å²) in [6, 6.07) is -0.863. The first-order valence-corrected chi connectivity index (χ1v) is 4.93. The van der Waals surface area contributed by atoms with E-state index in [1.54, 1.807) is 0 Å². The maximum Gasteiger partial charge on any atom is 0.326 e. The molecule has 86 valence electrons. The Labute approximate surface area is 92.7 Å². The third-order valence-corrected chi connectivity index (χ3v) is 2.00. The average Bonchev–Trinajstić information content (AvgIpc) is 2.29. The minimum Gasteiger partial charge on any atom is -0.480 e. The Morgan fingerprint density at radius 2 is 2.06 bits per heavy atom. The number of hydrogen-bond donors (Lipinski definition) is 2. The molecule has 0 spiro atoms. The van der Waals surface area contributed by atoms with Gasteiger partial charge in [0.1, 0.15) is 12.4 Å². The number of hydrogen-bond acceptors (Lipinski definition) is 4. The number of nitrogens with one attached hydrogen (secondary N) is 1. The number of aromatic nitrogens is 2. The number of rotatable bonds is 5. The largest absolute Gasteiger partial charge is 0.480 e. The molecule has 0 aliphatic carbocycles. The zero-order valence-corrected chi connectivity index (χ0v) is 8.88. The smallest absolute Gasteiger partial charge is 0.326 e. The van der Waals surface area contributed by atoms with E-state index in [0.29, 0.717) is 12.8 Å². The molecule has 0 aliphatic rings. The lowest BCUT2D eigenvalue weighted by Gasteiger charge is -2.12. The van der Waals surface area contributed by atoms with Crippen molar-refractivity contribution in [2.24, 2.45) is 0 Å². The summed E-state index contributed by atoms with van der Waals surface area (Å²) in [5, 5.41) is 11.3. The third-order valence-electron chi connectivity index (χ3n) is 2.00. The molecular formula is C10H13N3O3. The predicted octanol–water partition coefficient (Wildman–Crippen LogP) is 0.460. The van der Waals surface area contributed by atoms with Gasteiger partial charge in [-0.25, -0.2) is 14.8 Å². The highest BCUT2D eigenvalue weighted by Crippen LogP contribution is 2.00. The summed E-state index contributed by atoms with van der Waals surface area (Å²) in [4.78, 5) is 29.8. The molecule has 1 aromatic heterocycles. The number of carboxylic acids is 1. The molecule has 6 nitrogen and oxygen atoms in total. The van der Waals surface area contributed by atoms with Crippen LogP contribution in [0.25, 0.3) is 0 Å². The van der Waals surface area contributed by atoms with Crippen LogP contribution in [0, 0.1) is 0 Å². The quantitative estimate of drug-likeness (QED) is 0.756. The van der Waals surface area contributed by atoms with E-state index in [-0.39, 0.29) is 5.56 Å². The summed E-state index contributed by atoms with van der Waals surface area (Å²) < 4.78 is 0. The fraction of sp³-hybridized carbons (Fsp3) is 0.400. The van der Waals surface area contributed by atoms with Crippen LogP contribution in [0.1, 0.15) is 30.1 Å². The highest BCUT2D eigenvalue weighted by molar-refractivity contribution is 5.95. The first kappa shape index (κ1) is 12.1. The summed E-state index contributed by atoms with van der Waals surface area (Å²) in [7, 11) is 0. The van der Waals surface area contributed by atoms with Crippen LogP contribution < -0.4 is 5.32 Å². The monoisotopic (exact) mass is 223 g/mol. The standard InChI is InChI=1S/C10H13N3O3/c1-2-3-8(10(15)16)13-9(14)7-4-11-6-12-5-7/h4-6,8H,2-3H2,1H3,(H,13,14)(H,15,16). The van der Waals surface area contributed by atoms with Crippen LogP contribution >= 0.6 is 0 Å². The normalized spacial score (nSPS) is 11.8. The van der Waals surface area contributed by atoms with Gasteiger partial charge in [-0.3, -0.25) is 4.79 Å². The molecule has 16 heavy (non-hydrogen) atoms. The summed E-state index contributed by atoms with van der Waals surface area (Å²) in [6.07, 6.45) is 5.06. The molecular weight excluding hydrogens is 210 g/mol. The van der Waals surface area contributed by atoms with Crippen molar-refractivity contribution < 1.29 is 14.7 Å². The van der Waals surface area contributed by atoms with E-state index in [1.165, 1.54) is 18.7 Å². The van der Waals surface area contributed by atoms with Gasteiger partial charge in [0.05, 0.1) is 5.56 Å². The molecule has 2 N–H and O–H groups in total. The van der Waals surface area contributed by atoms with Gasteiger partial charge in [0.15, 0.2) is 0 Å². The number of carbonyl (C=O) groups is 2. The van der Waals surface area contributed by atoms with Crippen molar-refractivity contribution in [1.82, 2.24) is 15.3 Å². The van der Waals surface area contributed by atoms with Crippen molar-refractivity contribution in [3.05, 3.63) is 24.3 Å². The molecule has 0 aliphatic heterocycles. The number of amides is 1. The molecule has 6 heteroatoms. The molecule has 1 heterocycles. The second-order valence-corrected chi connectivity index (χ2v) is 3.28. The Morgan fingerprint density at radius 3 is 2.56 bits per heavy atom. The zero-order valence-electron chi connectivity index (χ0n) is 8.88. The van der Waals surface area contributed by atoms with Crippen molar-refractivity contribution in [2.75, 3.05) is 0 Å². The molecule has 0 bridgehead atoms. The summed E-state index contributed by atoms with van der Waals surface area (Å²) in [5.41, 5.74) is 0.254. The Bertz CT molecular complexity index is 367. The van der Waals surface area contributed by atoms with Crippen LogP contribution in [0.3, 0.4) is 0 Å². The first-order valence-electron chi connectivity index (χ1n) is 4.93. The van der Waals surface area contributed by atoms with E-state index in [9.17, 15) is 9.59 Å². The van der Waals surface area contributed by atoms with Crippen LogP contribution in [0.4, 0.5) is 0 Å². The molecule has 1 aromatic rings. The SMILES string of the molecule is CCCC(NC(=O)c1cncnc1)C(=O)O. The van der Waals surface area contributed by atoms with Crippen LogP contribution in [-0.4, -0.2) is 33.0 Å². The highest BCUT2D eigenvalue weighted by atomic mass is 16.4. The second-order valence-electron chi connectivity index (χ2n) is 3.28. The van der Waals surface area contributed by atoms with Crippen molar-refractivity contribution in [2.45, 2.75) is 25.8 Å². The number of nitrogens with zero attached hydrogens (tertiary/aromatic N) is 2. The van der Waals surface area contributed by atoms with Crippen LogP contribution in [-0.2, 0) is 4.79 Å². The van der Waals surface area contributed by atoms with Gasteiger partial charge in [-0.2, -0.15) is 0 Å². The minimum absolute atomic E-state index is 0.254. The van der Waals surface area contributed by atoms with Crippen LogP contribution in [0.2, 0.25) is 0 Å². The van der Waals surface area contributed by atoms with E-state index in [2.05, 4.69) is 15.3 Å². The van der Waals surface area contributed by atoms with E-state index < -0.39 is 17.9 Å². The summed E-state index contributed by atoms with van der Waals surface area (Å²) in [5.74, 6) is -1.51. The van der Waals surface area contributed by atoms with Crippen molar-refractivity contribution in [3.8, 4) is 0 Å². The summed E-state index contributed by atoms with van der Waals surface area (Å²) >= 11 is 0. The zero-order chi connectivity index (χ0) is 12.0. The lowest BCUT2D eigenvalue weighted by Crippen LogP contribution is -2.40. The van der Waals surface area contributed by atoms with Gasteiger partial charge in [0.25, 0.3) is 5.91 Å². The van der Waals surface area contributed by atoms with E-state index in [4.69, 9.17) is 5.11 Å². The molecule has 1 rings (SSSR count). The summed E-state index contributed by atoms with van der Waals surface area (Å²) in [6.45, 7) is 1.85. The van der Waals surface area contributed by atoms with Gasteiger partial charge in [0.2, 0.25) is 0 Å². The number of carbonyl (C=O) groups excluding carboxylic acids is 1. The van der Waals surface area contributed by atoms with Gasteiger partial charge in [-0.1, -0.05) is 13.3 Å². The van der Waals surface area contributed by atoms with Gasteiger partial charge in [-0.15, -0.1) is 0 Å². The van der Waals surface area contributed by atoms with Gasteiger partial charge < -0.3 is 10.4 Å². The molecule has 0 aromatic carbocycles. The predicted molar refractivity (Wildman–Crippen MR) is 55.8 cm³/mol. The lowest BCUT2D eigenvalue weighted by molar-refractivity contribution is -0.139. The Morgan fingerprint density at radius 1 is 1.44 bits per heavy atom. The maximum absolute atomic E-state index is 11.6. The van der Waals surface area contributed by atoms with Gasteiger partial charge >= 0.3 is 5.97 Å². The van der Waals surface area contributed by atoms with E-state index >= 15 is 0 Å². The fourth-order valence-corrected chi connectivity index (χ4v) is 1.20. The molecule has 0 saturated carbocycles. The lowest BCUT2D eigenvalue weighted by atomic mass is 10.1. The molecule has 1 unspecified atom stereocenters. The van der Waals surface area contributed by atoms with Gasteiger partial charge in [0, 0.05) is 12.4 Å². The van der Waals surface area contributed by atoms with Crippen LogP contribution in [0.5, 0.6) is 0 Å². The Balaban J connectivity index is 2.65. The Hall–Kier alpha value is -1.98. The van der Waals surface area contributed by atoms with Crippen LogP contribution in [0.15, 0.2) is 18.7 Å². The molecule has 1 amide bonds. The fourth-order valence-electron chi connectivity index (χ4n) is 1.20.